The summed E-state index contributed by atoms with van der Waals surface area (Å²) in [6, 6.07) is 0. The van der Waals surface area contributed by atoms with Crippen molar-refractivity contribution < 1.29 is 0 Å². The van der Waals surface area contributed by atoms with Crippen molar-refractivity contribution in [1.29, 1.82) is 0 Å². The van der Waals surface area contributed by atoms with Gasteiger partial charge in [0.1, 0.15) is 0 Å². The molecule has 1 heteroatoms. The smallest absolute Gasteiger partial charge is 0.0202 e. The molecule has 0 aromatic heterocycles. The first kappa shape index (κ1) is 7.29. The van der Waals surface area contributed by atoms with Crippen LogP contribution >= 0.6 is 0 Å². The van der Waals surface area contributed by atoms with Gasteiger partial charge in [0, 0.05) is 6.54 Å². The lowest BCUT2D eigenvalue weighted by Crippen LogP contribution is -2.24. The Bertz CT molecular complexity index is 177. The second-order valence-corrected chi connectivity index (χ2v) is 2.46. The molecule has 0 bridgehead atoms. The summed E-state index contributed by atoms with van der Waals surface area (Å²) in [5.41, 5.74) is 2.54. The third-order valence-corrected chi connectivity index (χ3v) is 1.68. The highest BCUT2D eigenvalue weighted by Gasteiger charge is 2.06. The minimum atomic E-state index is 0.930. The van der Waals surface area contributed by atoms with Crippen LogP contribution in [0.2, 0.25) is 0 Å². The monoisotopic (exact) mass is 135 g/mol. The van der Waals surface area contributed by atoms with Crippen LogP contribution in [0.4, 0.5) is 0 Å². The van der Waals surface area contributed by atoms with Crippen LogP contribution in [0.25, 0.3) is 0 Å². The summed E-state index contributed by atoms with van der Waals surface area (Å²) in [5, 5.41) is 3.25. The van der Waals surface area contributed by atoms with Crippen molar-refractivity contribution in [2.24, 2.45) is 0 Å². The number of piperidine rings is 1. The fourth-order valence-corrected chi connectivity index (χ4v) is 1.10. The van der Waals surface area contributed by atoms with E-state index in [1.165, 1.54) is 11.1 Å². The van der Waals surface area contributed by atoms with Crippen molar-refractivity contribution >= 4 is 0 Å². The summed E-state index contributed by atoms with van der Waals surface area (Å²) in [7, 11) is 0. The van der Waals surface area contributed by atoms with E-state index in [9.17, 15) is 0 Å². The van der Waals surface area contributed by atoms with Crippen molar-refractivity contribution in [1.82, 2.24) is 5.32 Å². The Kier molecular flexibility index (Phi) is 2.46. The molecule has 1 fully saturated rings. The molecule has 1 heterocycles. The highest BCUT2D eigenvalue weighted by molar-refractivity contribution is 5.33. The topological polar surface area (TPSA) is 12.0 Å². The number of hydrogen-bond acceptors (Lipinski definition) is 1. The zero-order chi connectivity index (χ0) is 7.40. The van der Waals surface area contributed by atoms with E-state index < -0.39 is 0 Å². The maximum atomic E-state index is 3.94. The molecular formula is C9H13N. The van der Waals surface area contributed by atoms with E-state index in [0.717, 1.165) is 19.5 Å². The van der Waals surface area contributed by atoms with Crippen LogP contribution in [-0.2, 0) is 0 Å². The third-order valence-electron chi connectivity index (χ3n) is 1.68. The Hall–Kier alpha value is -0.820. The van der Waals surface area contributed by atoms with E-state index in [2.05, 4.69) is 18.5 Å². The number of allylic oxidation sites excluding steroid dienone is 2. The van der Waals surface area contributed by atoms with E-state index in [1.807, 2.05) is 12.2 Å². The summed E-state index contributed by atoms with van der Waals surface area (Å²) < 4.78 is 0. The molecular weight excluding hydrogens is 122 g/mol. The maximum absolute atomic E-state index is 3.94. The van der Waals surface area contributed by atoms with Gasteiger partial charge in [-0.05, 0) is 24.1 Å². The molecule has 0 atom stereocenters. The third kappa shape index (κ3) is 1.58. The zero-order valence-electron chi connectivity index (χ0n) is 6.19. The number of nitrogens with one attached hydrogen (secondary N) is 1. The molecule has 1 aliphatic rings. The van der Waals surface area contributed by atoms with E-state index in [1.54, 1.807) is 0 Å². The molecule has 0 aromatic rings. The van der Waals surface area contributed by atoms with Crippen molar-refractivity contribution in [3.8, 4) is 0 Å². The molecule has 0 unspecified atom stereocenters. The summed E-state index contributed by atoms with van der Waals surface area (Å²) in [4.78, 5) is 0. The van der Waals surface area contributed by atoms with Gasteiger partial charge in [0.25, 0.3) is 0 Å². The largest absolute Gasteiger partial charge is 0.312 e. The van der Waals surface area contributed by atoms with Crippen LogP contribution in [0, 0.1) is 0 Å². The van der Waals surface area contributed by atoms with Crippen LogP contribution in [-0.4, -0.2) is 13.1 Å². The van der Waals surface area contributed by atoms with Gasteiger partial charge < -0.3 is 5.32 Å². The van der Waals surface area contributed by atoms with Crippen LogP contribution < -0.4 is 5.32 Å². The number of hydrogen-bond donors (Lipinski definition) is 1. The van der Waals surface area contributed by atoms with Crippen LogP contribution in [0.15, 0.2) is 36.5 Å². The first-order valence-electron chi connectivity index (χ1n) is 3.55. The van der Waals surface area contributed by atoms with Gasteiger partial charge in [-0.25, -0.2) is 0 Å². The molecule has 0 radical (unpaired) electrons. The van der Waals surface area contributed by atoms with Crippen molar-refractivity contribution in [3.05, 3.63) is 36.5 Å². The van der Waals surface area contributed by atoms with Gasteiger partial charge in [0.05, 0.1) is 0 Å². The summed E-state index contributed by atoms with van der Waals surface area (Å²) >= 11 is 0. The van der Waals surface area contributed by atoms with Crippen molar-refractivity contribution in [2.45, 2.75) is 6.42 Å². The van der Waals surface area contributed by atoms with E-state index in [0.29, 0.717) is 0 Å². The Balaban J connectivity index is 2.64. The lowest BCUT2D eigenvalue weighted by Gasteiger charge is -2.17. The maximum Gasteiger partial charge on any atom is 0.0202 e. The fourth-order valence-electron chi connectivity index (χ4n) is 1.10. The molecule has 1 rings (SSSR count). The highest BCUT2D eigenvalue weighted by Crippen LogP contribution is 2.14. The first-order valence-corrected chi connectivity index (χ1v) is 3.55. The van der Waals surface area contributed by atoms with Gasteiger partial charge in [-0.15, -0.1) is 0 Å². The predicted molar refractivity (Wildman–Crippen MR) is 44.9 cm³/mol. The van der Waals surface area contributed by atoms with Gasteiger partial charge in [-0.1, -0.05) is 25.3 Å². The van der Waals surface area contributed by atoms with Gasteiger partial charge in [-0.3, -0.25) is 0 Å². The molecule has 0 saturated carbocycles. The zero-order valence-corrected chi connectivity index (χ0v) is 6.19. The Morgan fingerprint density at radius 1 is 1.50 bits per heavy atom. The van der Waals surface area contributed by atoms with E-state index >= 15 is 0 Å². The van der Waals surface area contributed by atoms with E-state index in [4.69, 9.17) is 0 Å². The SMILES string of the molecule is C=C/C=C1/CCNCC1=C. The molecule has 1 N–H and O–H groups in total. The van der Waals surface area contributed by atoms with Crippen LogP contribution in [0.1, 0.15) is 6.42 Å². The summed E-state index contributed by atoms with van der Waals surface area (Å²) in [6.07, 6.45) is 4.96. The van der Waals surface area contributed by atoms with Crippen molar-refractivity contribution in [3.63, 3.8) is 0 Å². The minimum absolute atomic E-state index is 0.930. The molecule has 1 saturated heterocycles. The average molecular weight is 135 g/mol. The standard InChI is InChI=1S/C9H13N/c1-3-4-9-5-6-10-7-8(9)2/h3-4,10H,1-2,5-7H2/b9-4-. The van der Waals surface area contributed by atoms with Crippen LogP contribution in [0.3, 0.4) is 0 Å². The molecule has 54 valence electrons. The molecule has 0 amide bonds. The Morgan fingerprint density at radius 2 is 2.30 bits per heavy atom. The minimum Gasteiger partial charge on any atom is -0.312 e. The molecule has 0 aliphatic carbocycles. The van der Waals surface area contributed by atoms with E-state index in [-0.39, 0.29) is 0 Å². The van der Waals surface area contributed by atoms with Gasteiger partial charge >= 0.3 is 0 Å². The molecule has 0 spiro atoms. The fraction of sp³-hybridized carbons (Fsp3) is 0.333. The lowest BCUT2D eigenvalue weighted by molar-refractivity contribution is 0.684. The second kappa shape index (κ2) is 3.37. The summed E-state index contributed by atoms with van der Waals surface area (Å²) in [6.45, 7) is 9.59. The molecule has 10 heavy (non-hydrogen) atoms. The highest BCUT2D eigenvalue weighted by atomic mass is 14.9. The van der Waals surface area contributed by atoms with Gasteiger partial charge in [0.15, 0.2) is 0 Å². The van der Waals surface area contributed by atoms with Crippen LogP contribution in [0.5, 0.6) is 0 Å². The first-order chi connectivity index (χ1) is 4.84. The van der Waals surface area contributed by atoms with Gasteiger partial charge in [0.2, 0.25) is 0 Å². The van der Waals surface area contributed by atoms with Crippen molar-refractivity contribution in [2.75, 3.05) is 13.1 Å². The lowest BCUT2D eigenvalue weighted by atomic mass is 10.0. The Labute approximate surface area is 62.1 Å². The second-order valence-electron chi connectivity index (χ2n) is 2.46. The quantitative estimate of drug-likeness (QED) is 0.576. The molecule has 0 aromatic carbocycles. The number of rotatable bonds is 1. The predicted octanol–water partition coefficient (Wildman–Crippen LogP) is 1.65. The van der Waals surface area contributed by atoms with Gasteiger partial charge in [-0.2, -0.15) is 0 Å². The Morgan fingerprint density at radius 3 is 2.90 bits per heavy atom. The summed E-state index contributed by atoms with van der Waals surface area (Å²) in [5.74, 6) is 0. The molecule has 1 nitrogen and oxygen atoms in total. The normalized spacial score (nSPS) is 23.2. The molecule has 1 aliphatic heterocycles. The average Bonchev–Trinajstić information content (AvgIpc) is 1.94.